The third kappa shape index (κ3) is 2.00. The third-order valence-corrected chi connectivity index (χ3v) is 9.02. The van der Waals surface area contributed by atoms with Gasteiger partial charge in [-0.25, -0.2) is 0 Å². The van der Waals surface area contributed by atoms with Crippen LogP contribution < -0.4 is 0 Å². The van der Waals surface area contributed by atoms with Crippen LogP contribution in [0.4, 0.5) is 0 Å². The quantitative estimate of drug-likeness (QED) is 0.654. The molecule has 0 saturated heterocycles. The molecule has 0 heterocycles. The minimum atomic E-state index is -0.645. The minimum Gasteiger partial charge on any atom is -0.393 e. The highest BCUT2D eigenvalue weighted by molar-refractivity contribution is 5.23. The highest BCUT2D eigenvalue weighted by atomic mass is 16.3. The van der Waals surface area contributed by atoms with Crippen molar-refractivity contribution in [3.05, 3.63) is 12.2 Å². The topological polar surface area (TPSA) is 40.5 Å². The van der Waals surface area contributed by atoms with E-state index in [0.717, 1.165) is 24.7 Å². The number of fused-ring (bicyclic) bond motifs is 5. The van der Waals surface area contributed by atoms with E-state index in [4.69, 9.17) is 0 Å². The van der Waals surface area contributed by atoms with Crippen LogP contribution in [0.2, 0.25) is 0 Å². The number of aliphatic hydroxyl groups is 2. The van der Waals surface area contributed by atoms with E-state index in [1.807, 2.05) is 6.92 Å². The molecule has 0 radical (unpaired) electrons. The molecule has 0 aromatic rings. The summed E-state index contributed by atoms with van der Waals surface area (Å²) >= 11 is 0. The van der Waals surface area contributed by atoms with Crippen molar-refractivity contribution in [1.82, 2.24) is 0 Å². The summed E-state index contributed by atoms with van der Waals surface area (Å²) in [7, 11) is 0. The number of hydrogen-bond donors (Lipinski definition) is 2. The number of allylic oxidation sites excluding steroid dienone is 1. The van der Waals surface area contributed by atoms with Crippen LogP contribution in [-0.2, 0) is 0 Å². The molecule has 0 bridgehead atoms. The average Bonchev–Trinajstić information content (AvgIpc) is 2.76. The van der Waals surface area contributed by atoms with Crippen molar-refractivity contribution in [2.45, 2.75) is 84.3 Å². The Hall–Kier alpha value is -0.340. The van der Waals surface area contributed by atoms with Gasteiger partial charge in [-0.15, -0.1) is 0 Å². The predicted octanol–water partition coefficient (Wildman–Crippen LogP) is 4.31. The van der Waals surface area contributed by atoms with Crippen molar-refractivity contribution in [3.63, 3.8) is 0 Å². The first-order chi connectivity index (χ1) is 10.6. The summed E-state index contributed by atoms with van der Waals surface area (Å²) in [6.45, 7) is 9.19. The molecule has 0 aromatic carbocycles. The van der Waals surface area contributed by atoms with E-state index >= 15 is 0 Å². The number of rotatable bonds is 0. The number of hydrogen-bond acceptors (Lipinski definition) is 2. The molecule has 3 saturated carbocycles. The third-order valence-electron chi connectivity index (χ3n) is 9.02. The Kier molecular flexibility index (Phi) is 3.25. The van der Waals surface area contributed by atoms with Crippen LogP contribution in [-0.4, -0.2) is 21.9 Å². The van der Waals surface area contributed by atoms with Crippen molar-refractivity contribution in [3.8, 4) is 0 Å². The largest absolute Gasteiger partial charge is 0.393 e. The van der Waals surface area contributed by atoms with Crippen molar-refractivity contribution in [2.24, 2.45) is 34.0 Å². The predicted molar refractivity (Wildman–Crippen MR) is 92.9 cm³/mol. The van der Waals surface area contributed by atoms with E-state index in [2.05, 4.69) is 32.9 Å². The molecule has 0 aromatic heterocycles. The fourth-order valence-electron chi connectivity index (χ4n) is 7.41. The first-order valence-electron chi connectivity index (χ1n) is 9.72. The van der Waals surface area contributed by atoms with Gasteiger partial charge in [0.15, 0.2) is 0 Å². The minimum absolute atomic E-state index is 0.0859. The zero-order valence-electron chi connectivity index (χ0n) is 15.3. The monoisotopic (exact) mass is 318 g/mol. The first kappa shape index (κ1) is 16.1. The summed E-state index contributed by atoms with van der Waals surface area (Å²) in [6.07, 6.45) is 12.4. The zero-order valence-corrected chi connectivity index (χ0v) is 15.3. The van der Waals surface area contributed by atoms with E-state index in [0.29, 0.717) is 5.92 Å². The molecule has 4 aliphatic carbocycles. The lowest BCUT2D eigenvalue weighted by molar-refractivity contribution is -0.142. The maximum atomic E-state index is 10.6. The molecule has 0 unspecified atom stereocenters. The summed E-state index contributed by atoms with van der Waals surface area (Å²) in [4.78, 5) is 0. The van der Waals surface area contributed by atoms with Crippen LogP contribution in [0.15, 0.2) is 12.2 Å². The normalized spacial score (nSPS) is 61.7. The van der Waals surface area contributed by atoms with E-state index in [1.165, 1.54) is 32.1 Å². The molecule has 0 aliphatic heterocycles. The molecule has 4 rings (SSSR count). The van der Waals surface area contributed by atoms with Gasteiger partial charge in [-0.05, 0) is 85.9 Å². The Morgan fingerprint density at radius 1 is 0.870 bits per heavy atom. The van der Waals surface area contributed by atoms with Gasteiger partial charge in [0, 0.05) is 0 Å². The van der Waals surface area contributed by atoms with Gasteiger partial charge in [0.05, 0.1) is 11.7 Å². The molecule has 0 amide bonds. The summed E-state index contributed by atoms with van der Waals surface area (Å²) in [5, 5.41) is 21.1. The van der Waals surface area contributed by atoms with Crippen LogP contribution in [0.25, 0.3) is 0 Å². The standard InChI is InChI=1S/C21H34O2/c1-18-9-7-14-15-5-6-17(22)20(15,3)10-8-16(14)21(18,4)12-11-19(2,23)13-18/h11-12,14-17,22-23H,5-10,13H2,1-4H3/t14-,15-,16-,17-,18+,19-,20-,21-/m1/s1. The molecule has 3 fully saturated rings. The van der Waals surface area contributed by atoms with Crippen LogP contribution >= 0.6 is 0 Å². The van der Waals surface area contributed by atoms with Crippen molar-refractivity contribution in [1.29, 1.82) is 0 Å². The molecule has 4 aliphatic rings. The Labute approximate surface area is 141 Å². The highest BCUT2D eigenvalue weighted by Gasteiger charge is 2.63. The van der Waals surface area contributed by atoms with E-state index in [1.54, 1.807) is 0 Å². The van der Waals surface area contributed by atoms with Gasteiger partial charge in [-0.2, -0.15) is 0 Å². The maximum Gasteiger partial charge on any atom is 0.0805 e. The smallest absolute Gasteiger partial charge is 0.0805 e. The molecule has 23 heavy (non-hydrogen) atoms. The zero-order chi connectivity index (χ0) is 16.7. The maximum absolute atomic E-state index is 10.6. The lowest BCUT2D eigenvalue weighted by Crippen LogP contribution is -2.58. The summed E-state index contributed by atoms with van der Waals surface area (Å²) < 4.78 is 0. The lowest BCUT2D eigenvalue weighted by Gasteiger charge is -2.64. The van der Waals surface area contributed by atoms with E-state index in [-0.39, 0.29) is 22.3 Å². The Bertz CT molecular complexity index is 538. The van der Waals surface area contributed by atoms with Gasteiger partial charge >= 0.3 is 0 Å². The Balaban J connectivity index is 1.72. The number of aliphatic hydroxyl groups excluding tert-OH is 1. The van der Waals surface area contributed by atoms with Gasteiger partial charge in [0.25, 0.3) is 0 Å². The van der Waals surface area contributed by atoms with Crippen molar-refractivity contribution in [2.75, 3.05) is 0 Å². The van der Waals surface area contributed by atoms with E-state index < -0.39 is 5.60 Å². The SMILES string of the molecule is C[C@@]12CC[C@@H]3[C@H](CC[C@@]4(C)C[C@](C)(O)C=C[C@]34C)[C@H]1CC[C@H]2O. The second kappa shape index (κ2) is 4.64. The van der Waals surface area contributed by atoms with Gasteiger partial charge in [0.2, 0.25) is 0 Å². The molecule has 0 spiro atoms. The molecular formula is C21H34O2. The summed E-state index contributed by atoms with van der Waals surface area (Å²) in [6, 6.07) is 0. The van der Waals surface area contributed by atoms with Gasteiger partial charge < -0.3 is 10.2 Å². The average molecular weight is 319 g/mol. The fraction of sp³-hybridized carbons (Fsp3) is 0.905. The van der Waals surface area contributed by atoms with Crippen molar-refractivity contribution < 1.29 is 10.2 Å². The molecule has 2 heteroatoms. The van der Waals surface area contributed by atoms with E-state index in [9.17, 15) is 10.2 Å². The second-order valence-electron chi connectivity index (χ2n) is 10.3. The van der Waals surface area contributed by atoms with Gasteiger partial charge in [0.1, 0.15) is 0 Å². The van der Waals surface area contributed by atoms with Crippen LogP contribution in [0.5, 0.6) is 0 Å². The van der Waals surface area contributed by atoms with Crippen LogP contribution in [0.3, 0.4) is 0 Å². The fourth-order valence-corrected chi connectivity index (χ4v) is 7.41. The Morgan fingerprint density at radius 2 is 1.61 bits per heavy atom. The van der Waals surface area contributed by atoms with Crippen LogP contribution in [0.1, 0.15) is 72.6 Å². The summed E-state index contributed by atoms with van der Waals surface area (Å²) in [5.41, 5.74) is -0.0760. The summed E-state index contributed by atoms with van der Waals surface area (Å²) in [5.74, 6) is 2.18. The molecular weight excluding hydrogens is 284 g/mol. The first-order valence-corrected chi connectivity index (χ1v) is 9.72. The lowest BCUT2D eigenvalue weighted by atomic mass is 9.41. The molecule has 2 N–H and O–H groups in total. The molecule has 2 nitrogen and oxygen atoms in total. The molecule has 130 valence electrons. The van der Waals surface area contributed by atoms with Crippen molar-refractivity contribution >= 4 is 0 Å². The van der Waals surface area contributed by atoms with Gasteiger partial charge in [-0.1, -0.05) is 32.9 Å². The highest BCUT2D eigenvalue weighted by Crippen LogP contribution is 2.69. The second-order valence-corrected chi connectivity index (χ2v) is 10.3. The van der Waals surface area contributed by atoms with Crippen LogP contribution in [0, 0.1) is 34.0 Å². The Morgan fingerprint density at radius 3 is 2.35 bits per heavy atom. The van der Waals surface area contributed by atoms with Gasteiger partial charge in [-0.3, -0.25) is 0 Å². The molecule has 8 atom stereocenters.